The molecule has 2 N–H and O–H groups in total. The predicted molar refractivity (Wildman–Crippen MR) is 97.2 cm³/mol. The van der Waals surface area contributed by atoms with Crippen molar-refractivity contribution in [1.82, 2.24) is 15.3 Å². The Kier molecular flexibility index (Phi) is 5.30. The summed E-state index contributed by atoms with van der Waals surface area (Å²) < 4.78 is 5.28. The Morgan fingerprint density at radius 3 is 2.52 bits per heavy atom. The fourth-order valence-corrected chi connectivity index (χ4v) is 2.45. The van der Waals surface area contributed by atoms with Gasteiger partial charge in [-0.15, -0.1) is 0 Å². The first kappa shape index (κ1) is 18.7. The van der Waals surface area contributed by atoms with Gasteiger partial charge in [0.2, 0.25) is 0 Å². The Morgan fingerprint density at radius 1 is 1.28 bits per heavy atom. The van der Waals surface area contributed by atoms with Gasteiger partial charge in [-0.1, -0.05) is 32.9 Å². The van der Waals surface area contributed by atoms with E-state index in [1.54, 1.807) is 14.0 Å². The van der Waals surface area contributed by atoms with Crippen LogP contribution in [0.2, 0.25) is 0 Å². The zero-order chi connectivity index (χ0) is 18.8. The molecule has 6 heteroatoms. The highest BCUT2D eigenvalue weighted by molar-refractivity contribution is 5.94. The summed E-state index contributed by atoms with van der Waals surface area (Å²) in [5, 5.41) is 2.77. The Hall–Kier alpha value is -2.63. The molecule has 1 aromatic heterocycles. The fraction of sp³-hybridized carbons (Fsp3) is 0.421. The lowest BCUT2D eigenvalue weighted by Crippen LogP contribution is -2.33. The van der Waals surface area contributed by atoms with E-state index in [1.165, 1.54) is 0 Å². The number of ether oxygens (including phenoxy) is 1. The Morgan fingerprint density at radius 2 is 1.96 bits per heavy atom. The number of carbonyl (C=O) groups is 1. The smallest absolute Gasteiger partial charge is 0.264 e. The summed E-state index contributed by atoms with van der Waals surface area (Å²) in [6.07, 6.45) is 0. The maximum Gasteiger partial charge on any atom is 0.264 e. The molecule has 0 aliphatic heterocycles. The molecule has 0 bridgehead atoms. The first-order chi connectivity index (χ1) is 11.6. The number of carbonyl (C=O) groups excluding carboxylic acids is 1. The van der Waals surface area contributed by atoms with Crippen LogP contribution in [-0.2, 0) is 12.0 Å². The van der Waals surface area contributed by atoms with Crippen molar-refractivity contribution in [3.8, 4) is 5.75 Å². The third-order valence-electron chi connectivity index (χ3n) is 3.96. The molecule has 0 aliphatic carbocycles. The lowest BCUT2D eigenvalue weighted by molar-refractivity contribution is 0.0948. The third-order valence-corrected chi connectivity index (χ3v) is 3.96. The number of benzene rings is 1. The average Bonchev–Trinajstić information content (AvgIpc) is 2.52. The molecule has 25 heavy (non-hydrogen) atoms. The molecule has 2 aromatic rings. The summed E-state index contributed by atoms with van der Waals surface area (Å²) >= 11 is 0. The van der Waals surface area contributed by atoms with Crippen LogP contribution in [0.1, 0.15) is 53.8 Å². The minimum Gasteiger partial charge on any atom is -0.496 e. The van der Waals surface area contributed by atoms with Crippen LogP contribution in [0, 0.1) is 13.8 Å². The highest BCUT2D eigenvalue weighted by Gasteiger charge is 2.22. The topological polar surface area (TPSA) is 84.1 Å². The first-order valence-corrected chi connectivity index (χ1v) is 8.16. The van der Waals surface area contributed by atoms with Crippen molar-refractivity contribution < 1.29 is 9.53 Å². The molecule has 0 atom stereocenters. The number of nitrogens with zero attached hydrogens (tertiary/aromatic N) is 1. The quantitative estimate of drug-likeness (QED) is 0.894. The molecule has 0 radical (unpaired) electrons. The van der Waals surface area contributed by atoms with Gasteiger partial charge in [0.25, 0.3) is 11.5 Å². The molecule has 0 fully saturated rings. The van der Waals surface area contributed by atoms with Crippen LogP contribution in [0.5, 0.6) is 5.75 Å². The normalized spacial score (nSPS) is 11.3. The van der Waals surface area contributed by atoms with Gasteiger partial charge < -0.3 is 15.0 Å². The molecule has 0 aliphatic rings. The number of aromatic amines is 1. The zero-order valence-corrected chi connectivity index (χ0v) is 15.6. The van der Waals surface area contributed by atoms with Crippen LogP contribution in [0.4, 0.5) is 0 Å². The van der Waals surface area contributed by atoms with Gasteiger partial charge in [0.15, 0.2) is 0 Å². The van der Waals surface area contributed by atoms with Gasteiger partial charge in [-0.25, -0.2) is 4.98 Å². The highest BCUT2D eigenvalue weighted by Crippen LogP contribution is 2.19. The minimum absolute atomic E-state index is 0.0482. The van der Waals surface area contributed by atoms with Crippen molar-refractivity contribution in [3.05, 3.63) is 56.8 Å². The van der Waals surface area contributed by atoms with Crippen LogP contribution in [0.15, 0.2) is 23.0 Å². The highest BCUT2D eigenvalue weighted by atomic mass is 16.5. The van der Waals surface area contributed by atoms with Crippen LogP contribution < -0.4 is 15.6 Å². The van der Waals surface area contributed by atoms with E-state index in [-0.39, 0.29) is 11.0 Å². The van der Waals surface area contributed by atoms with Gasteiger partial charge in [0.1, 0.15) is 17.1 Å². The van der Waals surface area contributed by atoms with Gasteiger partial charge in [0, 0.05) is 12.0 Å². The number of hydrogen-bond donors (Lipinski definition) is 2. The number of rotatable bonds is 4. The second kappa shape index (κ2) is 7.09. The van der Waals surface area contributed by atoms with Crippen LogP contribution in [0.3, 0.4) is 0 Å². The van der Waals surface area contributed by atoms with E-state index in [0.29, 0.717) is 18.1 Å². The van der Waals surface area contributed by atoms with Crippen LogP contribution in [-0.4, -0.2) is 23.0 Å². The van der Waals surface area contributed by atoms with Crippen molar-refractivity contribution in [3.63, 3.8) is 0 Å². The van der Waals surface area contributed by atoms with Crippen molar-refractivity contribution in [2.75, 3.05) is 7.11 Å². The van der Waals surface area contributed by atoms with Gasteiger partial charge in [-0.2, -0.15) is 0 Å². The van der Waals surface area contributed by atoms with E-state index in [0.717, 1.165) is 16.9 Å². The summed E-state index contributed by atoms with van der Waals surface area (Å²) in [5.41, 5.74) is 1.67. The van der Waals surface area contributed by atoms with Crippen molar-refractivity contribution in [2.45, 2.75) is 46.6 Å². The van der Waals surface area contributed by atoms with E-state index in [1.807, 2.05) is 45.9 Å². The van der Waals surface area contributed by atoms with Crippen molar-refractivity contribution >= 4 is 5.91 Å². The van der Waals surface area contributed by atoms with E-state index >= 15 is 0 Å². The van der Waals surface area contributed by atoms with Gasteiger partial charge >= 0.3 is 0 Å². The molecule has 0 saturated heterocycles. The Balaban J connectivity index is 2.20. The molecule has 1 heterocycles. The molecule has 6 nitrogen and oxygen atoms in total. The van der Waals surface area contributed by atoms with Crippen LogP contribution >= 0.6 is 0 Å². The second-order valence-electron chi connectivity index (χ2n) is 7.11. The van der Waals surface area contributed by atoms with Gasteiger partial charge in [0.05, 0.1) is 12.8 Å². The number of amides is 1. The summed E-state index contributed by atoms with van der Waals surface area (Å²) in [5.74, 6) is 0.887. The number of methoxy groups -OCH3 is 1. The summed E-state index contributed by atoms with van der Waals surface area (Å²) in [6.45, 7) is 9.79. The van der Waals surface area contributed by atoms with Crippen molar-refractivity contribution in [2.24, 2.45) is 0 Å². The minimum atomic E-state index is -0.439. The lowest BCUT2D eigenvalue weighted by atomic mass is 9.95. The van der Waals surface area contributed by atoms with E-state index in [4.69, 9.17) is 4.74 Å². The molecule has 1 amide bonds. The largest absolute Gasteiger partial charge is 0.496 e. The van der Waals surface area contributed by atoms with E-state index in [9.17, 15) is 9.59 Å². The molecule has 2 rings (SSSR count). The molecule has 0 saturated carbocycles. The fourth-order valence-electron chi connectivity index (χ4n) is 2.45. The maximum atomic E-state index is 12.4. The van der Waals surface area contributed by atoms with E-state index < -0.39 is 11.5 Å². The second-order valence-corrected chi connectivity index (χ2v) is 7.11. The number of hydrogen-bond acceptors (Lipinski definition) is 4. The van der Waals surface area contributed by atoms with Gasteiger partial charge in [-0.05, 0) is 31.0 Å². The molecular formula is C19H25N3O3. The molecule has 0 spiro atoms. The number of aryl methyl sites for hydroxylation is 2. The first-order valence-electron chi connectivity index (χ1n) is 8.16. The Labute approximate surface area is 147 Å². The molecule has 1 aromatic carbocycles. The average molecular weight is 343 g/mol. The molecule has 0 unspecified atom stereocenters. The van der Waals surface area contributed by atoms with Gasteiger partial charge in [-0.3, -0.25) is 9.59 Å². The molecule has 134 valence electrons. The lowest BCUT2D eigenvalue weighted by Gasteiger charge is -2.18. The predicted octanol–water partition coefficient (Wildman–Crippen LogP) is 2.62. The standard InChI is InChI=1S/C19H25N3O3/c1-11-7-8-13(9-14(11)25-6)10-20-16(23)15-12(2)21-18(19(3,4)5)22-17(15)24/h7-9H,10H2,1-6H3,(H,20,23)(H,21,22,24). The number of nitrogens with one attached hydrogen (secondary N) is 2. The number of aromatic nitrogens is 2. The molecular weight excluding hydrogens is 318 g/mol. The number of H-pyrrole nitrogens is 1. The zero-order valence-electron chi connectivity index (χ0n) is 15.6. The third kappa shape index (κ3) is 4.26. The summed E-state index contributed by atoms with van der Waals surface area (Å²) in [4.78, 5) is 31.9. The summed E-state index contributed by atoms with van der Waals surface area (Å²) in [7, 11) is 1.61. The summed E-state index contributed by atoms with van der Waals surface area (Å²) in [6, 6.07) is 5.71. The van der Waals surface area contributed by atoms with Crippen LogP contribution in [0.25, 0.3) is 0 Å². The SMILES string of the molecule is COc1cc(CNC(=O)c2c(C)nc(C(C)(C)C)[nH]c2=O)ccc1C. The van der Waals surface area contributed by atoms with E-state index in [2.05, 4.69) is 15.3 Å². The monoisotopic (exact) mass is 343 g/mol. The Bertz CT molecular complexity index is 848. The van der Waals surface area contributed by atoms with Crippen molar-refractivity contribution in [1.29, 1.82) is 0 Å². The maximum absolute atomic E-state index is 12.4.